The van der Waals surface area contributed by atoms with Crippen LogP contribution in [0.5, 0.6) is 0 Å². The summed E-state index contributed by atoms with van der Waals surface area (Å²) in [7, 11) is 0. The number of ether oxygens (including phenoxy) is 1. The second kappa shape index (κ2) is 6.50. The highest BCUT2D eigenvalue weighted by Crippen LogP contribution is 2.32. The predicted octanol–water partition coefficient (Wildman–Crippen LogP) is 1.94. The first kappa shape index (κ1) is 13.8. The molecule has 0 aliphatic carbocycles. The zero-order valence-electron chi connectivity index (χ0n) is 10.3. The minimum atomic E-state index is -0.547. The molecule has 1 fully saturated rings. The number of carbonyl (C=O) groups is 1. The highest BCUT2D eigenvalue weighted by atomic mass is 32.2. The monoisotopic (exact) mass is 246 g/mol. The van der Waals surface area contributed by atoms with Crippen LogP contribution in [0.1, 0.15) is 27.2 Å². The Labute approximate surface area is 102 Å². The van der Waals surface area contributed by atoms with Gasteiger partial charge in [0.25, 0.3) is 0 Å². The molecule has 0 aromatic heterocycles. The SMILES string of the molecule is CCOC(=O)C(C(C)C)C(O)C1CCSC1. The van der Waals surface area contributed by atoms with Crippen LogP contribution in [0.25, 0.3) is 0 Å². The van der Waals surface area contributed by atoms with Gasteiger partial charge in [-0.3, -0.25) is 4.79 Å². The molecule has 94 valence electrons. The first-order valence-electron chi connectivity index (χ1n) is 6.00. The maximum atomic E-state index is 11.8. The summed E-state index contributed by atoms with van der Waals surface area (Å²) < 4.78 is 5.04. The number of carbonyl (C=O) groups excluding carboxylic acids is 1. The predicted molar refractivity (Wildman–Crippen MR) is 66.4 cm³/mol. The minimum Gasteiger partial charge on any atom is -0.466 e. The lowest BCUT2D eigenvalue weighted by Gasteiger charge is -2.28. The van der Waals surface area contributed by atoms with Gasteiger partial charge in [0.2, 0.25) is 0 Å². The van der Waals surface area contributed by atoms with E-state index in [0.717, 1.165) is 17.9 Å². The summed E-state index contributed by atoms with van der Waals surface area (Å²) in [5.74, 6) is 1.81. The van der Waals surface area contributed by atoms with Crippen LogP contribution in [-0.2, 0) is 9.53 Å². The van der Waals surface area contributed by atoms with Gasteiger partial charge in [-0.05, 0) is 36.7 Å². The van der Waals surface area contributed by atoms with Crippen molar-refractivity contribution in [3.05, 3.63) is 0 Å². The molecule has 16 heavy (non-hydrogen) atoms. The summed E-state index contributed by atoms with van der Waals surface area (Å²) in [6, 6.07) is 0. The summed E-state index contributed by atoms with van der Waals surface area (Å²) in [5.41, 5.74) is 0. The lowest BCUT2D eigenvalue weighted by molar-refractivity contribution is -0.155. The maximum absolute atomic E-state index is 11.8. The van der Waals surface area contributed by atoms with Crippen molar-refractivity contribution in [2.24, 2.45) is 17.8 Å². The highest BCUT2D eigenvalue weighted by Gasteiger charge is 2.37. The lowest BCUT2D eigenvalue weighted by Crippen LogP contribution is -2.39. The second-order valence-corrected chi connectivity index (χ2v) is 5.79. The van der Waals surface area contributed by atoms with Crippen molar-refractivity contribution in [2.75, 3.05) is 18.1 Å². The van der Waals surface area contributed by atoms with Crippen LogP contribution in [0.3, 0.4) is 0 Å². The van der Waals surface area contributed by atoms with Gasteiger partial charge in [-0.1, -0.05) is 13.8 Å². The fraction of sp³-hybridized carbons (Fsp3) is 0.917. The van der Waals surface area contributed by atoms with Gasteiger partial charge >= 0.3 is 5.97 Å². The summed E-state index contributed by atoms with van der Waals surface area (Å²) in [6.45, 7) is 6.11. The van der Waals surface area contributed by atoms with Gasteiger partial charge in [0, 0.05) is 0 Å². The van der Waals surface area contributed by atoms with Crippen LogP contribution in [0.15, 0.2) is 0 Å². The van der Waals surface area contributed by atoms with Crippen LogP contribution < -0.4 is 0 Å². The number of aliphatic hydroxyl groups excluding tert-OH is 1. The Bertz CT molecular complexity index is 224. The molecule has 1 aliphatic heterocycles. The van der Waals surface area contributed by atoms with Gasteiger partial charge in [-0.2, -0.15) is 11.8 Å². The molecule has 1 aliphatic rings. The Balaban J connectivity index is 2.64. The van der Waals surface area contributed by atoms with Crippen LogP contribution in [0, 0.1) is 17.8 Å². The van der Waals surface area contributed by atoms with Gasteiger partial charge in [0.15, 0.2) is 0 Å². The van der Waals surface area contributed by atoms with E-state index >= 15 is 0 Å². The number of aliphatic hydroxyl groups is 1. The normalized spacial score (nSPS) is 24.4. The molecule has 0 bridgehead atoms. The zero-order valence-corrected chi connectivity index (χ0v) is 11.1. The molecular formula is C12H22O3S. The maximum Gasteiger partial charge on any atom is 0.311 e. The van der Waals surface area contributed by atoms with E-state index in [-0.39, 0.29) is 23.7 Å². The van der Waals surface area contributed by atoms with Crippen LogP contribution in [0.4, 0.5) is 0 Å². The van der Waals surface area contributed by atoms with Crippen molar-refractivity contribution in [1.29, 1.82) is 0 Å². The Kier molecular flexibility index (Phi) is 5.62. The first-order chi connectivity index (χ1) is 7.57. The smallest absolute Gasteiger partial charge is 0.311 e. The number of esters is 1. The molecule has 0 aromatic carbocycles. The van der Waals surface area contributed by atoms with E-state index in [1.54, 1.807) is 6.92 Å². The van der Waals surface area contributed by atoms with Gasteiger partial charge in [0.05, 0.1) is 18.6 Å². The van der Waals surface area contributed by atoms with Crippen LogP contribution in [-0.4, -0.2) is 35.3 Å². The number of hydrogen-bond donors (Lipinski definition) is 1. The summed E-state index contributed by atoms with van der Waals surface area (Å²) in [6.07, 6.45) is 0.461. The molecule has 3 atom stereocenters. The van der Waals surface area contributed by atoms with Crippen molar-refractivity contribution in [2.45, 2.75) is 33.3 Å². The number of thioether (sulfide) groups is 1. The van der Waals surface area contributed by atoms with Crippen LogP contribution >= 0.6 is 11.8 Å². The Hall–Kier alpha value is -0.220. The summed E-state index contributed by atoms with van der Waals surface area (Å²) >= 11 is 1.85. The van der Waals surface area contributed by atoms with Crippen molar-refractivity contribution < 1.29 is 14.6 Å². The molecule has 0 spiro atoms. The molecule has 1 saturated heterocycles. The summed E-state index contributed by atoms with van der Waals surface area (Å²) in [4.78, 5) is 11.8. The molecule has 1 N–H and O–H groups in total. The van der Waals surface area contributed by atoms with Gasteiger partial charge in [-0.25, -0.2) is 0 Å². The van der Waals surface area contributed by atoms with E-state index < -0.39 is 6.10 Å². The quantitative estimate of drug-likeness (QED) is 0.753. The molecule has 0 aromatic rings. The van der Waals surface area contributed by atoms with Gasteiger partial charge in [0.1, 0.15) is 0 Å². The molecule has 0 amide bonds. The molecule has 3 nitrogen and oxygen atoms in total. The summed E-state index contributed by atoms with van der Waals surface area (Å²) in [5, 5.41) is 10.3. The molecule has 1 heterocycles. The van der Waals surface area contributed by atoms with E-state index in [9.17, 15) is 9.90 Å². The fourth-order valence-electron chi connectivity index (χ4n) is 2.16. The Morgan fingerprint density at radius 1 is 1.56 bits per heavy atom. The van der Waals surface area contributed by atoms with E-state index in [0.29, 0.717) is 6.61 Å². The average molecular weight is 246 g/mol. The van der Waals surface area contributed by atoms with Gasteiger partial charge < -0.3 is 9.84 Å². The lowest BCUT2D eigenvalue weighted by atomic mass is 9.83. The third-order valence-corrected chi connectivity index (χ3v) is 4.28. The molecular weight excluding hydrogens is 224 g/mol. The number of rotatable bonds is 5. The largest absolute Gasteiger partial charge is 0.466 e. The van der Waals surface area contributed by atoms with Crippen molar-refractivity contribution >= 4 is 17.7 Å². The zero-order chi connectivity index (χ0) is 12.1. The first-order valence-corrected chi connectivity index (χ1v) is 7.15. The molecule has 1 rings (SSSR count). The highest BCUT2D eigenvalue weighted by molar-refractivity contribution is 7.99. The molecule has 4 heteroatoms. The van der Waals surface area contributed by atoms with Crippen molar-refractivity contribution in [1.82, 2.24) is 0 Å². The fourth-order valence-corrected chi connectivity index (χ4v) is 3.46. The minimum absolute atomic E-state index is 0.125. The molecule has 3 unspecified atom stereocenters. The molecule has 0 saturated carbocycles. The van der Waals surface area contributed by atoms with E-state index in [1.165, 1.54) is 0 Å². The third kappa shape index (κ3) is 3.39. The van der Waals surface area contributed by atoms with Crippen LogP contribution in [0.2, 0.25) is 0 Å². The van der Waals surface area contributed by atoms with E-state index in [1.807, 2.05) is 25.6 Å². The Morgan fingerprint density at radius 3 is 2.69 bits per heavy atom. The topological polar surface area (TPSA) is 46.5 Å². The van der Waals surface area contributed by atoms with E-state index in [2.05, 4.69) is 0 Å². The van der Waals surface area contributed by atoms with E-state index in [4.69, 9.17) is 4.74 Å². The average Bonchev–Trinajstić information content (AvgIpc) is 2.70. The van der Waals surface area contributed by atoms with Gasteiger partial charge in [-0.15, -0.1) is 0 Å². The third-order valence-electron chi connectivity index (χ3n) is 3.09. The number of hydrogen-bond acceptors (Lipinski definition) is 4. The molecule has 0 radical (unpaired) electrons. The van der Waals surface area contributed by atoms with Crippen molar-refractivity contribution in [3.8, 4) is 0 Å². The standard InChI is InChI=1S/C12H22O3S/c1-4-15-12(14)10(8(2)3)11(13)9-5-6-16-7-9/h8-11,13H,4-7H2,1-3H3. The second-order valence-electron chi connectivity index (χ2n) is 4.64. The van der Waals surface area contributed by atoms with Crippen molar-refractivity contribution in [3.63, 3.8) is 0 Å². The Morgan fingerprint density at radius 2 is 2.25 bits per heavy atom.